The second-order valence-electron chi connectivity index (χ2n) is 6.66. The summed E-state index contributed by atoms with van der Waals surface area (Å²) < 4.78 is 15.5. The van der Waals surface area contributed by atoms with E-state index in [-0.39, 0.29) is 35.7 Å². The van der Waals surface area contributed by atoms with Gasteiger partial charge in [-0.3, -0.25) is 4.57 Å². The van der Waals surface area contributed by atoms with Crippen molar-refractivity contribution < 1.29 is 48.4 Å². The van der Waals surface area contributed by atoms with Crippen LogP contribution in [0.15, 0.2) is 0 Å². The van der Waals surface area contributed by atoms with Gasteiger partial charge in [0.25, 0.3) is 7.82 Å². The molecule has 140 valence electrons. The number of phosphoric ester groups is 1. The van der Waals surface area contributed by atoms with Crippen LogP contribution < -0.4 is 34.5 Å². The van der Waals surface area contributed by atoms with Gasteiger partial charge < -0.3 is 14.3 Å². The van der Waals surface area contributed by atoms with E-state index < -0.39 is 7.82 Å². The summed E-state index contributed by atoms with van der Waals surface area (Å²) in [5.41, 5.74) is 0. The molecule has 0 saturated heterocycles. The molecule has 0 bridgehead atoms. The molecule has 1 N–H and O–H groups in total. The van der Waals surface area contributed by atoms with Gasteiger partial charge in [0, 0.05) is 0 Å². The zero-order valence-electron chi connectivity index (χ0n) is 16.3. The molecule has 4 nitrogen and oxygen atoms in total. The van der Waals surface area contributed by atoms with E-state index >= 15 is 0 Å². The Labute approximate surface area is 172 Å². The summed E-state index contributed by atoms with van der Waals surface area (Å²) in [4.78, 5) is 19.6. The van der Waals surface area contributed by atoms with Gasteiger partial charge in [-0.1, -0.05) is 97.3 Å². The molecule has 0 heterocycles. The maximum absolute atomic E-state index is 10.8. The summed E-state index contributed by atoms with van der Waals surface area (Å²) in [5.74, 6) is 0. The van der Waals surface area contributed by atoms with Gasteiger partial charge in [-0.05, 0) is 12.8 Å². The van der Waals surface area contributed by atoms with Crippen LogP contribution in [0.1, 0.15) is 110 Å². The van der Waals surface area contributed by atoms with Gasteiger partial charge in [-0.25, -0.2) is 0 Å². The molecule has 0 radical (unpaired) electrons. The monoisotopic (exact) mass is 372 g/mol. The third-order valence-electron chi connectivity index (χ3n) is 4.27. The predicted octanol–water partition coefficient (Wildman–Crippen LogP) is 2.73. The summed E-state index contributed by atoms with van der Waals surface area (Å²) in [6.07, 6.45) is 17.4. The van der Waals surface area contributed by atoms with Crippen molar-refractivity contribution in [2.75, 3.05) is 0 Å². The van der Waals surface area contributed by atoms with Gasteiger partial charge in [-0.2, -0.15) is 0 Å². The SMILES string of the molecule is CCCCCCCCCCCCCCC(CCC)OP(=O)([O-])O.[Na+]. The van der Waals surface area contributed by atoms with Gasteiger partial charge in [0.15, 0.2) is 0 Å². The van der Waals surface area contributed by atoms with Crippen molar-refractivity contribution in [2.45, 2.75) is 116 Å². The fraction of sp³-hybridized carbons (Fsp3) is 1.00. The first-order valence-corrected chi connectivity index (χ1v) is 11.2. The number of rotatable bonds is 17. The van der Waals surface area contributed by atoms with E-state index in [1.165, 1.54) is 64.2 Å². The number of unbranched alkanes of at least 4 members (excludes halogenated alkanes) is 11. The summed E-state index contributed by atoms with van der Waals surface area (Å²) in [6, 6.07) is 0. The third-order valence-corrected chi connectivity index (χ3v) is 4.84. The Kier molecular flexibility index (Phi) is 21.5. The van der Waals surface area contributed by atoms with Crippen molar-refractivity contribution in [1.29, 1.82) is 0 Å². The Hall–Kier alpha value is 1.11. The topological polar surface area (TPSA) is 69.6 Å². The molecule has 0 aromatic rings. The average Bonchev–Trinajstić information content (AvgIpc) is 2.47. The van der Waals surface area contributed by atoms with Crippen LogP contribution in [0.25, 0.3) is 0 Å². The molecule has 0 rings (SSSR count). The largest absolute Gasteiger partial charge is 1.00 e. The maximum Gasteiger partial charge on any atom is 1.00 e. The molecule has 0 aliphatic carbocycles. The van der Waals surface area contributed by atoms with Crippen LogP contribution in [0, 0.1) is 0 Å². The molecule has 0 aromatic carbocycles. The van der Waals surface area contributed by atoms with Crippen LogP contribution in [0.3, 0.4) is 0 Å². The van der Waals surface area contributed by atoms with Crippen molar-refractivity contribution >= 4 is 7.82 Å². The summed E-state index contributed by atoms with van der Waals surface area (Å²) in [5, 5.41) is 0. The third kappa shape index (κ3) is 21.2. The van der Waals surface area contributed by atoms with Crippen molar-refractivity contribution in [3.05, 3.63) is 0 Å². The number of hydrogen-bond donors (Lipinski definition) is 1. The molecule has 0 spiro atoms. The zero-order chi connectivity index (χ0) is 17.4. The van der Waals surface area contributed by atoms with E-state index in [2.05, 4.69) is 6.92 Å². The fourth-order valence-electron chi connectivity index (χ4n) is 2.97. The molecule has 2 unspecified atom stereocenters. The Morgan fingerprint density at radius 1 is 0.792 bits per heavy atom. The molecule has 0 amide bonds. The molecule has 24 heavy (non-hydrogen) atoms. The Morgan fingerprint density at radius 3 is 1.58 bits per heavy atom. The molecular formula is C18H38NaO4P. The summed E-state index contributed by atoms with van der Waals surface area (Å²) >= 11 is 0. The van der Waals surface area contributed by atoms with E-state index in [0.717, 1.165) is 25.7 Å². The number of hydrogen-bond acceptors (Lipinski definition) is 3. The van der Waals surface area contributed by atoms with E-state index in [1.807, 2.05) is 6.92 Å². The normalized spacial score (nSPS) is 14.8. The molecule has 2 atom stereocenters. The molecule has 0 aliphatic heterocycles. The Balaban J connectivity index is 0. The standard InChI is InChI=1S/C18H39O4P.Na/c1-3-5-6-7-8-9-10-11-12-13-14-15-17-18(16-4-2)22-23(19,20)21;/h18H,3-17H2,1-2H3,(H2,19,20,21);/q;+1/p-1. The average molecular weight is 372 g/mol. The minimum Gasteiger partial charge on any atom is -0.756 e. The van der Waals surface area contributed by atoms with Crippen molar-refractivity contribution in [3.63, 3.8) is 0 Å². The van der Waals surface area contributed by atoms with Crippen LogP contribution >= 0.6 is 7.82 Å². The van der Waals surface area contributed by atoms with Gasteiger partial charge in [0.2, 0.25) is 0 Å². The Morgan fingerprint density at radius 2 is 1.21 bits per heavy atom. The summed E-state index contributed by atoms with van der Waals surface area (Å²) in [6.45, 7) is 4.24. The molecule has 6 heteroatoms. The second-order valence-corrected chi connectivity index (χ2v) is 7.81. The van der Waals surface area contributed by atoms with E-state index in [9.17, 15) is 9.46 Å². The van der Waals surface area contributed by atoms with Crippen LogP contribution in [0.5, 0.6) is 0 Å². The zero-order valence-corrected chi connectivity index (χ0v) is 19.2. The first kappa shape index (κ1) is 27.3. The van der Waals surface area contributed by atoms with Crippen LogP contribution in [-0.2, 0) is 9.09 Å². The second kappa shape index (κ2) is 18.9. The predicted molar refractivity (Wildman–Crippen MR) is 95.3 cm³/mol. The van der Waals surface area contributed by atoms with Crippen molar-refractivity contribution in [1.82, 2.24) is 0 Å². The number of phosphoric acid groups is 1. The fourth-order valence-corrected chi connectivity index (χ4v) is 3.56. The molecular weight excluding hydrogens is 334 g/mol. The first-order valence-electron chi connectivity index (χ1n) is 9.71. The van der Waals surface area contributed by atoms with E-state index in [0.29, 0.717) is 6.42 Å². The van der Waals surface area contributed by atoms with Gasteiger partial charge in [0.05, 0.1) is 6.10 Å². The minimum atomic E-state index is -4.59. The van der Waals surface area contributed by atoms with Crippen LogP contribution in [0.2, 0.25) is 0 Å². The maximum atomic E-state index is 10.8. The minimum absolute atomic E-state index is 0. The van der Waals surface area contributed by atoms with E-state index in [4.69, 9.17) is 9.42 Å². The van der Waals surface area contributed by atoms with Crippen molar-refractivity contribution in [2.24, 2.45) is 0 Å². The smallest absolute Gasteiger partial charge is 0.756 e. The van der Waals surface area contributed by atoms with Gasteiger partial charge >= 0.3 is 29.6 Å². The molecule has 0 aromatic heterocycles. The van der Waals surface area contributed by atoms with Gasteiger partial charge in [-0.15, -0.1) is 0 Å². The van der Waals surface area contributed by atoms with Crippen molar-refractivity contribution in [3.8, 4) is 0 Å². The summed E-state index contributed by atoms with van der Waals surface area (Å²) in [7, 11) is -4.59. The van der Waals surface area contributed by atoms with Crippen LogP contribution in [-0.4, -0.2) is 11.0 Å². The molecule has 0 saturated carbocycles. The molecule has 0 fully saturated rings. The molecule has 0 aliphatic rings. The quantitative estimate of drug-likeness (QED) is 0.242. The van der Waals surface area contributed by atoms with E-state index in [1.54, 1.807) is 0 Å². The first-order chi connectivity index (χ1) is 11.0. The Bertz CT molecular complexity index is 297. The van der Waals surface area contributed by atoms with Crippen LogP contribution in [0.4, 0.5) is 0 Å². The van der Waals surface area contributed by atoms with Gasteiger partial charge in [0.1, 0.15) is 0 Å².